The van der Waals surface area contributed by atoms with Crippen molar-refractivity contribution in [2.45, 2.75) is 6.92 Å². The molecule has 0 aliphatic carbocycles. The molecule has 1 amide bonds. The van der Waals surface area contributed by atoms with Crippen LogP contribution in [0, 0.1) is 17.0 Å². The number of amides is 1. The normalized spacial score (nSPS) is 10.7. The molecular weight excluding hydrogens is 432 g/mol. The van der Waals surface area contributed by atoms with Crippen molar-refractivity contribution < 1.29 is 19.2 Å². The Bertz CT molecular complexity index is 1320. The van der Waals surface area contributed by atoms with Crippen LogP contribution in [0.4, 0.5) is 11.4 Å². The lowest BCUT2D eigenvalue weighted by molar-refractivity contribution is -0.386. The molecule has 2 aromatic carbocycles. The minimum Gasteiger partial charge on any atom is -0.493 e. The highest BCUT2D eigenvalue weighted by atomic mass is 16.6. The van der Waals surface area contributed by atoms with Gasteiger partial charge in [-0.3, -0.25) is 24.7 Å². The lowest BCUT2D eigenvalue weighted by Gasteiger charge is -2.11. The van der Waals surface area contributed by atoms with Gasteiger partial charge in [0.1, 0.15) is 5.69 Å². The van der Waals surface area contributed by atoms with Gasteiger partial charge >= 0.3 is 16.9 Å². The molecule has 0 atom stereocenters. The topological polar surface area (TPSA) is 156 Å². The predicted octanol–water partition coefficient (Wildman–Crippen LogP) is 2.48. The zero-order valence-corrected chi connectivity index (χ0v) is 17.7. The van der Waals surface area contributed by atoms with Crippen molar-refractivity contribution >= 4 is 29.4 Å². The molecule has 170 valence electrons. The van der Waals surface area contributed by atoms with Gasteiger partial charge in [0, 0.05) is 5.69 Å². The Morgan fingerprint density at radius 1 is 1.09 bits per heavy atom. The number of aromatic nitrogens is 2. The number of nitro groups is 1. The summed E-state index contributed by atoms with van der Waals surface area (Å²) in [6.45, 7) is 1.69. The Morgan fingerprint density at radius 2 is 1.82 bits per heavy atom. The number of methoxy groups -OCH3 is 1. The summed E-state index contributed by atoms with van der Waals surface area (Å²) < 4.78 is 10.8. The molecule has 0 aliphatic heterocycles. The van der Waals surface area contributed by atoms with E-state index < -0.39 is 21.9 Å². The maximum Gasteiger partial charge on any atom is 0.357 e. The molecule has 1 aromatic heterocycles. The van der Waals surface area contributed by atoms with E-state index in [0.717, 1.165) is 5.56 Å². The molecule has 11 nitrogen and oxygen atoms in total. The van der Waals surface area contributed by atoms with Crippen molar-refractivity contribution in [1.29, 1.82) is 0 Å². The average Bonchev–Trinajstić information content (AvgIpc) is 2.77. The van der Waals surface area contributed by atoms with E-state index in [0.29, 0.717) is 22.7 Å². The number of H-pyrrole nitrogens is 2. The molecule has 0 spiro atoms. The summed E-state index contributed by atoms with van der Waals surface area (Å²) in [5, 5.41) is 13.9. The third-order valence-electron chi connectivity index (χ3n) is 4.45. The van der Waals surface area contributed by atoms with Crippen LogP contribution >= 0.6 is 0 Å². The first-order chi connectivity index (χ1) is 15.8. The number of ether oxygens (including phenoxy) is 2. The van der Waals surface area contributed by atoms with Gasteiger partial charge in [0.2, 0.25) is 0 Å². The van der Waals surface area contributed by atoms with Crippen molar-refractivity contribution in [3.05, 3.63) is 90.2 Å². The fourth-order valence-electron chi connectivity index (χ4n) is 2.86. The molecule has 0 saturated heterocycles. The summed E-state index contributed by atoms with van der Waals surface area (Å²) in [6, 6.07) is 12.1. The van der Waals surface area contributed by atoms with E-state index in [1.165, 1.54) is 19.3 Å². The molecule has 3 rings (SSSR count). The monoisotopic (exact) mass is 452 g/mol. The molecule has 11 heteroatoms. The molecular formula is C22H20N4O7. The first-order valence-electron chi connectivity index (χ1n) is 9.63. The fourth-order valence-corrected chi connectivity index (χ4v) is 2.86. The van der Waals surface area contributed by atoms with Crippen molar-refractivity contribution in [2.75, 3.05) is 19.0 Å². The minimum atomic E-state index is -1.10. The maximum absolute atomic E-state index is 12.1. The van der Waals surface area contributed by atoms with Crippen LogP contribution in [0.5, 0.6) is 11.5 Å². The summed E-state index contributed by atoms with van der Waals surface area (Å²) in [6.07, 6.45) is 2.69. The number of nitrogens with zero attached hydrogens (tertiary/aromatic N) is 1. The number of carbonyl (C=O) groups excluding carboxylic acids is 1. The molecule has 0 radical (unpaired) electrons. The van der Waals surface area contributed by atoms with Crippen LogP contribution in [0.15, 0.2) is 52.1 Å². The lowest BCUT2D eigenvalue weighted by atomic mass is 10.1. The number of aromatic amines is 2. The van der Waals surface area contributed by atoms with E-state index in [1.54, 1.807) is 30.3 Å². The molecule has 0 aliphatic rings. The zero-order chi connectivity index (χ0) is 24.0. The lowest BCUT2D eigenvalue weighted by Crippen LogP contribution is -2.25. The number of carbonyl (C=O) groups is 1. The van der Waals surface area contributed by atoms with E-state index in [9.17, 15) is 24.5 Å². The van der Waals surface area contributed by atoms with Gasteiger partial charge in [0.05, 0.1) is 12.0 Å². The van der Waals surface area contributed by atoms with Gasteiger partial charge in [-0.25, -0.2) is 4.79 Å². The molecule has 0 saturated carbocycles. The van der Waals surface area contributed by atoms with Gasteiger partial charge in [-0.2, -0.15) is 0 Å². The van der Waals surface area contributed by atoms with Gasteiger partial charge in [-0.15, -0.1) is 0 Å². The third-order valence-corrected chi connectivity index (χ3v) is 4.45. The Kier molecular flexibility index (Phi) is 7.03. The molecule has 1 heterocycles. The SMILES string of the molecule is COc1cc(/C=C\c2[nH]c(=O)[nH]c(=O)c2[N+](=O)[O-])ccc1OCC(=O)Nc1ccc(C)cc1. The van der Waals surface area contributed by atoms with Crippen LogP contribution < -0.4 is 26.0 Å². The quantitative estimate of drug-likeness (QED) is 0.350. The zero-order valence-electron chi connectivity index (χ0n) is 17.7. The number of aryl methyl sites for hydroxylation is 1. The number of benzene rings is 2. The highest BCUT2D eigenvalue weighted by molar-refractivity contribution is 5.91. The molecule has 0 bridgehead atoms. The Morgan fingerprint density at radius 3 is 2.48 bits per heavy atom. The van der Waals surface area contributed by atoms with Gasteiger partial charge in [0.25, 0.3) is 5.91 Å². The molecule has 3 N–H and O–H groups in total. The molecule has 3 aromatic rings. The summed E-state index contributed by atoms with van der Waals surface area (Å²) in [7, 11) is 1.42. The second kappa shape index (κ2) is 10.1. The predicted molar refractivity (Wildman–Crippen MR) is 122 cm³/mol. The number of rotatable bonds is 8. The number of hydrogen-bond donors (Lipinski definition) is 3. The Labute approximate surface area is 186 Å². The van der Waals surface area contributed by atoms with E-state index in [1.807, 2.05) is 24.0 Å². The summed E-state index contributed by atoms with van der Waals surface area (Å²) >= 11 is 0. The van der Waals surface area contributed by atoms with Gasteiger partial charge in [0.15, 0.2) is 18.1 Å². The standard InChI is InChI=1S/C22H20N4O7/c1-13-3-7-15(8-4-13)23-19(27)12-33-17-10-6-14(11-18(17)32-2)5-9-16-20(26(30)31)21(28)25-22(29)24-16/h3-11H,12H2,1-2H3,(H,23,27)(H2,24,25,28,29)/b9-5-. The van der Waals surface area contributed by atoms with Crippen LogP contribution in [-0.2, 0) is 4.79 Å². The van der Waals surface area contributed by atoms with Crippen molar-refractivity contribution in [3.63, 3.8) is 0 Å². The van der Waals surface area contributed by atoms with E-state index in [4.69, 9.17) is 9.47 Å². The first kappa shape index (κ1) is 23.0. The molecule has 33 heavy (non-hydrogen) atoms. The van der Waals surface area contributed by atoms with E-state index in [2.05, 4.69) is 10.3 Å². The maximum atomic E-state index is 12.1. The van der Waals surface area contributed by atoms with Crippen LogP contribution in [0.25, 0.3) is 12.2 Å². The van der Waals surface area contributed by atoms with Crippen molar-refractivity contribution in [3.8, 4) is 11.5 Å². The fraction of sp³-hybridized carbons (Fsp3) is 0.136. The molecule has 0 fully saturated rings. The van der Waals surface area contributed by atoms with Crippen LogP contribution in [0.2, 0.25) is 0 Å². The van der Waals surface area contributed by atoms with Gasteiger partial charge in [-0.1, -0.05) is 29.8 Å². The largest absolute Gasteiger partial charge is 0.493 e. The van der Waals surface area contributed by atoms with Crippen molar-refractivity contribution in [2.24, 2.45) is 0 Å². The Balaban J connectivity index is 1.73. The average molecular weight is 452 g/mol. The highest BCUT2D eigenvalue weighted by Gasteiger charge is 2.18. The minimum absolute atomic E-state index is 0.249. The second-order valence-electron chi connectivity index (χ2n) is 6.87. The molecule has 0 unspecified atom stereocenters. The number of nitrogens with one attached hydrogen (secondary N) is 3. The number of anilines is 1. The second-order valence-corrected chi connectivity index (χ2v) is 6.87. The summed E-state index contributed by atoms with van der Waals surface area (Å²) in [5.74, 6) is 0.272. The highest BCUT2D eigenvalue weighted by Crippen LogP contribution is 2.29. The van der Waals surface area contributed by atoms with Crippen LogP contribution in [0.3, 0.4) is 0 Å². The third kappa shape index (κ3) is 5.94. The van der Waals surface area contributed by atoms with E-state index >= 15 is 0 Å². The van der Waals surface area contributed by atoms with Crippen LogP contribution in [0.1, 0.15) is 16.8 Å². The van der Waals surface area contributed by atoms with Crippen molar-refractivity contribution in [1.82, 2.24) is 9.97 Å². The summed E-state index contributed by atoms with van der Waals surface area (Å²) in [5.41, 5.74) is -0.738. The van der Waals surface area contributed by atoms with E-state index in [-0.39, 0.29) is 18.2 Å². The number of hydrogen-bond acceptors (Lipinski definition) is 7. The smallest absolute Gasteiger partial charge is 0.357 e. The van der Waals surface area contributed by atoms with Gasteiger partial charge < -0.3 is 19.8 Å². The van der Waals surface area contributed by atoms with Crippen LogP contribution in [-0.4, -0.2) is 34.5 Å². The Hall–Kier alpha value is -4.67. The van der Waals surface area contributed by atoms with Gasteiger partial charge in [-0.05, 0) is 42.8 Å². The summed E-state index contributed by atoms with van der Waals surface area (Å²) in [4.78, 5) is 49.6. The first-order valence-corrected chi connectivity index (χ1v) is 9.63.